The third kappa shape index (κ3) is 1.78. The molecule has 102 valence electrons. The van der Waals surface area contributed by atoms with Gasteiger partial charge in [0, 0.05) is 17.2 Å². The number of fused-ring (bicyclic) bond motifs is 2. The number of benzene rings is 1. The summed E-state index contributed by atoms with van der Waals surface area (Å²) in [5.41, 5.74) is 4.25. The predicted molar refractivity (Wildman–Crippen MR) is 72.8 cm³/mol. The maximum Gasteiger partial charge on any atom is 0.271 e. The molecule has 4 rings (SSSR count). The monoisotopic (exact) mass is 270 g/mol. The highest BCUT2D eigenvalue weighted by atomic mass is 16.7. The molecule has 2 aliphatic carbocycles. The summed E-state index contributed by atoms with van der Waals surface area (Å²) in [4.78, 5) is 12.1. The van der Waals surface area contributed by atoms with E-state index in [-0.39, 0.29) is 12.7 Å². The first-order chi connectivity index (χ1) is 9.81. The second-order valence-electron chi connectivity index (χ2n) is 5.25. The number of carbonyl (C=O) groups is 1. The van der Waals surface area contributed by atoms with E-state index in [0.717, 1.165) is 18.6 Å². The van der Waals surface area contributed by atoms with E-state index in [1.165, 1.54) is 0 Å². The van der Waals surface area contributed by atoms with E-state index in [1.807, 2.05) is 0 Å². The van der Waals surface area contributed by atoms with Crippen LogP contribution in [0.2, 0.25) is 0 Å². The first-order valence-electron chi connectivity index (χ1n) is 6.74. The molecule has 20 heavy (non-hydrogen) atoms. The Hall–Kier alpha value is -2.30. The maximum atomic E-state index is 12.1. The van der Waals surface area contributed by atoms with Gasteiger partial charge in [0.1, 0.15) is 0 Å². The molecule has 1 aliphatic heterocycles. The number of ether oxygens (including phenoxy) is 2. The zero-order chi connectivity index (χ0) is 13.5. The second-order valence-corrected chi connectivity index (χ2v) is 5.25. The summed E-state index contributed by atoms with van der Waals surface area (Å²) in [5, 5.41) is 4.25. The molecule has 0 radical (unpaired) electrons. The number of hydrogen-bond donors (Lipinski definition) is 1. The molecule has 5 heteroatoms. The number of rotatable bonds is 2. The standard InChI is InChI=1S/C15H14N2O3/c18-15(10-4-5-13-14(7-10)20-8-19-13)17-16-12-6-9-2-1-3-11(9)12/h1-2,4-5,7,9,11H,3,6,8H2,(H,17,18)/b16-12+. The first-order valence-corrected chi connectivity index (χ1v) is 6.74. The van der Waals surface area contributed by atoms with Crippen molar-refractivity contribution in [3.05, 3.63) is 35.9 Å². The van der Waals surface area contributed by atoms with Gasteiger partial charge < -0.3 is 9.47 Å². The Bertz CT molecular complexity index is 636. The summed E-state index contributed by atoms with van der Waals surface area (Å²) in [6.45, 7) is 0.207. The van der Waals surface area contributed by atoms with Gasteiger partial charge in [0.05, 0.1) is 0 Å². The van der Waals surface area contributed by atoms with E-state index in [9.17, 15) is 4.79 Å². The van der Waals surface area contributed by atoms with Crippen molar-refractivity contribution in [2.24, 2.45) is 16.9 Å². The summed E-state index contributed by atoms with van der Waals surface area (Å²) in [6, 6.07) is 5.13. The lowest BCUT2D eigenvalue weighted by Crippen LogP contribution is -2.35. The van der Waals surface area contributed by atoms with Crippen molar-refractivity contribution < 1.29 is 14.3 Å². The number of nitrogens with one attached hydrogen (secondary N) is 1. The van der Waals surface area contributed by atoms with Crippen LogP contribution in [-0.4, -0.2) is 18.4 Å². The van der Waals surface area contributed by atoms with Gasteiger partial charge in [0.25, 0.3) is 5.91 Å². The molecule has 1 saturated carbocycles. The molecule has 1 aromatic rings. The van der Waals surface area contributed by atoms with Crippen LogP contribution in [0.25, 0.3) is 0 Å². The molecule has 1 N–H and O–H groups in total. The van der Waals surface area contributed by atoms with Crippen LogP contribution in [0.3, 0.4) is 0 Å². The molecule has 0 spiro atoms. The largest absolute Gasteiger partial charge is 0.454 e. The number of amides is 1. The minimum Gasteiger partial charge on any atom is -0.454 e. The lowest BCUT2D eigenvalue weighted by atomic mass is 9.74. The van der Waals surface area contributed by atoms with Gasteiger partial charge in [-0.25, -0.2) is 5.43 Å². The topological polar surface area (TPSA) is 59.9 Å². The Labute approximate surface area is 116 Å². The Morgan fingerprint density at radius 2 is 2.20 bits per heavy atom. The third-order valence-corrected chi connectivity index (χ3v) is 4.10. The van der Waals surface area contributed by atoms with Gasteiger partial charge in [-0.15, -0.1) is 0 Å². The third-order valence-electron chi connectivity index (χ3n) is 4.10. The summed E-state index contributed by atoms with van der Waals surface area (Å²) >= 11 is 0. The smallest absolute Gasteiger partial charge is 0.271 e. The average molecular weight is 270 g/mol. The second kappa shape index (κ2) is 4.37. The maximum absolute atomic E-state index is 12.1. The number of hydrogen-bond acceptors (Lipinski definition) is 4. The van der Waals surface area contributed by atoms with Crippen LogP contribution in [0.4, 0.5) is 0 Å². The van der Waals surface area contributed by atoms with Gasteiger partial charge in [-0.3, -0.25) is 4.79 Å². The van der Waals surface area contributed by atoms with Crippen molar-refractivity contribution in [1.29, 1.82) is 0 Å². The van der Waals surface area contributed by atoms with Gasteiger partial charge in [-0.2, -0.15) is 5.10 Å². The van der Waals surface area contributed by atoms with Crippen molar-refractivity contribution in [2.45, 2.75) is 12.8 Å². The number of allylic oxidation sites excluding steroid dienone is 2. The van der Waals surface area contributed by atoms with Gasteiger partial charge >= 0.3 is 0 Å². The van der Waals surface area contributed by atoms with Crippen LogP contribution < -0.4 is 14.9 Å². The minimum absolute atomic E-state index is 0.207. The molecule has 3 aliphatic rings. The van der Waals surface area contributed by atoms with Crippen LogP contribution in [0.15, 0.2) is 35.5 Å². The lowest BCUT2D eigenvalue weighted by molar-refractivity contribution is 0.0953. The number of hydrazone groups is 1. The molecule has 1 aromatic carbocycles. The summed E-state index contributed by atoms with van der Waals surface area (Å²) in [5.74, 6) is 2.20. The Balaban J connectivity index is 1.44. The van der Waals surface area contributed by atoms with Crippen molar-refractivity contribution in [1.82, 2.24) is 5.43 Å². The summed E-state index contributed by atoms with van der Waals surface area (Å²) in [6.07, 6.45) is 6.44. The predicted octanol–water partition coefficient (Wildman–Crippen LogP) is 2.10. The fraction of sp³-hybridized carbons (Fsp3) is 0.333. The fourth-order valence-electron chi connectivity index (χ4n) is 2.89. The lowest BCUT2D eigenvalue weighted by Gasteiger charge is -2.31. The molecule has 0 bridgehead atoms. The zero-order valence-electron chi connectivity index (χ0n) is 10.8. The van der Waals surface area contributed by atoms with E-state index >= 15 is 0 Å². The highest BCUT2D eigenvalue weighted by Crippen LogP contribution is 2.40. The fourth-order valence-corrected chi connectivity index (χ4v) is 2.89. The molecule has 5 nitrogen and oxygen atoms in total. The van der Waals surface area contributed by atoms with E-state index < -0.39 is 0 Å². The number of nitrogens with zero attached hydrogens (tertiary/aromatic N) is 1. The zero-order valence-corrected chi connectivity index (χ0v) is 10.8. The van der Waals surface area contributed by atoms with E-state index in [0.29, 0.717) is 28.9 Å². The summed E-state index contributed by atoms with van der Waals surface area (Å²) in [7, 11) is 0. The quantitative estimate of drug-likeness (QED) is 0.661. The highest BCUT2D eigenvalue weighted by molar-refractivity contribution is 5.98. The van der Waals surface area contributed by atoms with Crippen LogP contribution in [-0.2, 0) is 0 Å². The molecular weight excluding hydrogens is 256 g/mol. The molecule has 2 atom stereocenters. The van der Waals surface area contributed by atoms with Gasteiger partial charge in [-0.05, 0) is 37.0 Å². The molecule has 1 heterocycles. The van der Waals surface area contributed by atoms with Gasteiger partial charge in [0.2, 0.25) is 6.79 Å². The van der Waals surface area contributed by atoms with Crippen LogP contribution in [0.1, 0.15) is 23.2 Å². The van der Waals surface area contributed by atoms with Crippen molar-refractivity contribution in [2.75, 3.05) is 6.79 Å². The molecular formula is C15H14N2O3. The van der Waals surface area contributed by atoms with E-state index in [1.54, 1.807) is 18.2 Å². The highest BCUT2D eigenvalue weighted by Gasteiger charge is 2.38. The molecule has 0 aromatic heterocycles. The van der Waals surface area contributed by atoms with Crippen LogP contribution in [0, 0.1) is 11.8 Å². The van der Waals surface area contributed by atoms with E-state index in [4.69, 9.17) is 9.47 Å². The number of carbonyl (C=O) groups excluding carboxylic acids is 1. The van der Waals surface area contributed by atoms with Crippen molar-refractivity contribution >= 4 is 11.6 Å². The Morgan fingerprint density at radius 3 is 3.10 bits per heavy atom. The summed E-state index contributed by atoms with van der Waals surface area (Å²) < 4.78 is 10.5. The Kier molecular flexibility index (Phi) is 2.52. The molecule has 2 unspecified atom stereocenters. The van der Waals surface area contributed by atoms with E-state index in [2.05, 4.69) is 22.7 Å². The van der Waals surface area contributed by atoms with Crippen LogP contribution >= 0.6 is 0 Å². The molecule has 1 amide bonds. The minimum atomic E-state index is -0.217. The van der Waals surface area contributed by atoms with Crippen molar-refractivity contribution in [3.8, 4) is 11.5 Å². The van der Waals surface area contributed by atoms with Crippen molar-refractivity contribution in [3.63, 3.8) is 0 Å². The SMILES string of the molecule is O=C(N/N=C1\CC2C=CCC12)c1ccc2c(c1)OCO2. The molecule has 0 saturated heterocycles. The normalized spacial score (nSPS) is 27.3. The van der Waals surface area contributed by atoms with Crippen LogP contribution in [0.5, 0.6) is 11.5 Å². The first kappa shape index (κ1) is 11.5. The Morgan fingerprint density at radius 1 is 1.30 bits per heavy atom. The van der Waals surface area contributed by atoms with Gasteiger partial charge in [0.15, 0.2) is 11.5 Å². The van der Waals surface area contributed by atoms with Gasteiger partial charge in [-0.1, -0.05) is 12.2 Å². The molecule has 1 fully saturated rings. The average Bonchev–Trinajstić information content (AvgIpc) is 3.04.